The van der Waals surface area contributed by atoms with Crippen LogP contribution in [0.3, 0.4) is 0 Å². The molecule has 0 aromatic carbocycles. The number of carbonyl (C=O) groups is 6. The summed E-state index contributed by atoms with van der Waals surface area (Å²) >= 11 is 0. The summed E-state index contributed by atoms with van der Waals surface area (Å²) in [6.45, 7) is 6.85. The number of allylic oxidation sites excluding steroid dienone is 4. The largest absolute Gasteiger partial charge is 0.465 e. The van der Waals surface area contributed by atoms with Crippen LogP contribution in [0.1, 0.15) is 202 Å². The van der Waals surface area contributed by atoms with Crippen LogP contribution in [0, 0.1) is 0 Å². The van der Waals surface area contributed by atoms with E-state index in [-0.39, 0.29) is 32.5 Å². The molecule has 6 unspecified atom stereocenters. The number of hydrogen-bond donors (Lipinski definition) is 0. The first kappa shape index (κ1) is 58.2. The van der Waals surface area contributed by atoms with E-state index in [0.29, 0.717) is 12.8 Å². The van der Waals surface area contributed by atoms with E-state index < -0.39 is 73.3 Å². The Hall–Kier alpha value is -3.78. The molecule has 6 atom stereocenters. The van der Waals surface area contributed by atoms with E-state index in [1.54, 1.807) is 0 Å². The Morgan fingerprint density at radius 3 is 1.52 bits per heavy atom. The van der Waals surface area contributed by atoms with Crippen molar-refractivity contribution in [2.24, 2.45) is 0 Å². The van der Waals surface area contributed by atoms with E-state index in [4.69, 9.17) is 37.9 Å². The van der Waals surface area contributed by atoms with Crippen molar-refractivity contribution in [2.75, 3.05) is 19.8 Å². The zero-order chi connectivity index (χ0) is 47.0. The SMILES string of the molecule is CCCCCC=CCC=CCCCCCCCC(=O)OCC(COC1OC(COC=O)C(OC(C)=O)C(OC(C)=O)C1OC(C)=O)OC(=O)CCCCCCCCCCCCCCC. The maximum absolute atomic E-state index is 13.1. The Labute approximate surface area is 384 Å². The topological polar surface area (TPSA) is 176 Å². The van der Waals surface area contributed by atoms with E-state index >= 15 is 0 Å². The molecule has 1 aliphatic heterocycles. The molecule has 14 nitrogen and oxygen atoms in total. The minimum atomic E-state index is -1.48. The number of carbonyl (C=O) groups excluding carboxylic acids is 6. The molecule has 64 heavy (non-hydrogen) atoms. The Morgan fingerprint density at radius 1 is 0.531 bits per heavy atom. The summed E-state index contributed by atoms with van der Waals surface area (Å²) in [6.07, 6.45) is 28.1. The molecule has 14 heteroatoms. The van der Waals surface area contributed by atoms with Gasteiger partial charge in [-0.2, -0.15) is 0 Å². The molecule has 0 saturated carbocycles. The fourth-order valence-electron chi connectivity index (χ4n) is 7.45. The molecule has 0 amide bonds. The Balaban J connectivity index is 2.81. The maximum atomic E-state index is 13.1. The minimum Gasteiger partial charge on any atom is -0.465 e. The highest BCUT2D eigenvalue weighted by Gasteiger charge is 2.53. The van der Waals surface area contributed by atoms with Gasteiger partial charge in [-0.3, -0.25) is 28.8 Å². The van der Waals surface area contributed by atoms with Crippen LogP contribution in [0.4, 0.5) is 0 Å². The van der Waals surface area contributed by atoms with Gasteiger partial charge in [0.2, 0.25) is 0 Å². The van der Waals surface area contributed by atoms with E-state index in [1.165, 1.54) is 77.0 Å². The molecule has 1 heterocycles. The maximum Gasteiger partial charge on any atom is 0.306 e. The summed E-state index contributed by atoms with van der Waals surface area (Å²) in [5, 5.41) is 0. The summed E-state index contributed by atoms with van der Waals surface area (Å²) in [7, 11) is 0. The van der Waals surface area contributed by atoms with Crippen molar-refractivity contribution in [3.05, 3.63) is 24.3 Å². The third-order valence-electron chi connectivity index (χ3n) is 10.8. The van der Waals surface area contributed by atoms with Gasteiger partial charge in [-0.1, -0.05) is 147 Å². The summed E-state index contributed by atoms with van der Waals surface area (Å²) in [6, 6.07) is 0. The van der Waals surface area contributed by atoms with E-state index in [0.717, 1.165) is 85.0 Å². The molecule has 1 aliphatic rings. The molecule has 0 aliphatic carbocycles. The monoisotopic (exact) mass is 909 g/mol. The van der Waals surface area contributed by atoms with Gasteiger partial charge in [-0.15, -0.1) is 0 Å². The highest BCUT2D eigenvalue weighted by Crippen LogP contribution is 2.30. The van der Waals surface area contributed by atoms with Gasteiger partial charge in [0.1, 0.15) is 19.3 Å². The predicted molar refractivity (Wildman–Crippen MR) is 244 cm³/mol. The van der Waals surface area contributed by atoms with Gasteiger partial charge >= 0.3 is 29.8 Å². The lowest BCUT2D eigenvalue weighted by atomic mass is 9.98. The summed E-state index contributed by atoms with van der Waals surface area (Å²) in [4.78, 5) is 73.6. The van der Waals surface area contributed by atoms with Gasteiger partial charge in [0.05, 0.1) is 6.61 Å². The molecule has 368 valence electrons. The van der Waals surface area contributed by atoms with Crippen molar-refractivity contribution >= 4 is 36.3 Å². The predicted octanol–water partition coefficient (Wildman–Crippen LogP) is 10.4. The third-order valence-corrected chi connectivity index (χ3v) is 10.8. The second-order valence-corrected chi connectivity index (χ2v) is 16.8. The van der Waals surface area contributed by atoms with Crippen molar-refractivity contribution in [1.29, 1.82) is 0 Å². The van der Waals surface area contributed by atoms with E-state index in [2.05, 4.69) is 38.2 Å². The first-order valence-electron chi connectivity index (χ1n) is 24.5. The van der Waals surface area contributed by atoms with Gasteiger partial charge in [0, 0.05) is 33.6 Å². The van der Waals surface area contributed by atoms with Crippen LogP contribution >= 0.6 is 0 Å². The highest BCUT2D eigenvalue weighted by atomic mass is 16.7. The summed E-state index contributed by atoms with van der Waals surface area (Å²) in [5.74, 6) is -3.27. The van der Waals surface area contributed by atoms with Crippen molar-refractivity contribution in [3.8, 4) is 0 Å². The Morgan fingerprint density at radius 2 is 0.984 bits per heavy atom. The quantitative estimate of drug-likeness (QED) is 0.0187. The van der Waals surface area contributed by atoms with Crippen LogP contribution in [0.5, 0.6) is 0 Å². The van der Waals surface area contributed by atoms with Crippen molar-refractivity contribution in [1.82, 2.24) is 0 Å². The van der Waals surface area contributed by atoms with Crippen LogP contribution in [0.15, 0.2) is 24.3 Å². The lowest BCUT2D eigenvalue weighted by Crippen LogP contribution is -2.63. The number of unbranched alkanes of at least 4 members (excludes halogenated alkanes) is 20. The third kappa shape index (κ3) is 31.2. The number of hydrogen-bond acceptors (Lipinski definition) is 14. The molecule has 0 bridgehead atoms. The molecule has 1 rings (SSSR count). The van der Waals surface area contributed by atoms with Gasteiger partial charge in [0.15, 0.2) is 30.7 Å². The first-order chi connectivity index (χ1) is 31.0. The van der Waals surface area contributed by atoms with Crippen LogP contribution < -0.4 is 0 Å². The van der Waals surface area contributed by atoms with Crippen molar-refractivity contribution in [2.45, 2.75) is 238 Å². The van der Waals surface area contributed by atoms with Gasteiger partial charge in [-0.05, 0) is 44.9 Å². The first-order valence-corrected chi connectivity index (χ1v) is 24.5. The van der Waals surface area contributed by atoms with Gasteiger partial charge < -0.3 is 37.9 Å². The molecule has 0 N–H and O–H groups in total. The second-order valence-electron chi connectivity index (χ2n) is 16.8. The second kappa shape index (κ2) is 39.6. The molecule has 1 saturated heterocycles. The lowest BCUT2D eigenvalue weighted by Gasteiger charge is -2.44. The fourth-order valence-corrected chi connectivity index (χ4v) is 7.45. The number of esters is 5. The molecular weight excluding hydrogens is 825 g/mol. The Bertz CT molecular complexity index is 1310. The molecule has 0 radical (unpaired) electrons. The Kier molecular flexibility index (Phi) is 36.0. The summed E-state index contributed by atoms with van der Waals surface area (Å²) < 4.78 is 44.6. The highest BCUT2D eigenvalue weighted by molar-refractivity contribution is 5.70. The average molecular weight is 909 g/mol. The fraction of sp³-hybridized carbons (Fsp3) is 0.800. The number of ether oxygens (including phenoxy) is 8. The summed E-state index contributed by atoms with van der Waals surface area (Å²) in [5.41, 5.74) is 0. The smallest absolute Gasteiger partial charge is 0.306 e. The number of rotatable bonds is 40. The van der Waals surface area contributed by atoms with Crippen LogP contribution in [0.25, 0.3) is 0 Å². The normalized spacial score (nSPS) is 19.0. The minimum absolute atomic E-state index is 0.161. The molecule has 0 aromatic rings. The molecule has 0 spiro atoms. The van der Waals surface area contributed by atoms with E-state index in [9.17, 15) is 28.8 Å². The van der Waals surface area contributed by atoms with Gasteiger partial charge in [0.25, 0.3) is 6.47 Å². The van der Waals surface area contributed by atoms with Gasteiger partial charge in [-0.25, -0.2) is 0 Å². The van der Waals surface area contributed by atoms with Crippen LogP contribution in [0.2, 0.25) is 0 Å². The van der Waals surface area contributed by atoms with Crippen LogP contribution in [-0.2, 0) is 66.7 Å². The molecule has 1 fully saturated rings. The zero-order valence-electron chi connectivity index (χ0n) is 40.1. The molecular formula is C50H84O14. The lowest BCUT2D eigenvalue weighted by molar-refractivity contribution is -0.311. The van der Waals surface area contributed by atoms with Crippen LogP contribution in [-0.4, -0.2) is 92.9 Å². The van der Waals surface area contributed by atoms with Crippen molar-refractivity contribution < 1.29 is 66.7 Å². The van der Waals surface area contributed by atoms with E-state index in [1.807, 2.05) is 0 Å². The zero-order valence-corrected chi connectivity index (χ0v) is 40.1. The average Bonchev–Trinajstić information content (AvgIpc) is 3.25. The molecule has 0 aromatic heterocycles. The standard InChI is InChI=1S/C50H84O14/c1-6-8-10-12-14-16-18-20-21-23-24-26-28-30-32-34-45(55)58-36-43(63-46(56)35-33-31-29-27-25-22-19-17-15-13-11-9-7-2)37-59-50-49(62-42(5)54)48(61-41(4)53)47(60-40(3)52)44(64-50)38-57-39-51/h14,16,20-21,39,43-44,47-50H,6-13,15,17-19,22-38H2,1-5H3. The van der Waals surface area contributed by atoms with Crippen molar-refractivity contribution in [3.63, 3.8) is 0 Å².